The number of hydrogen-bond donors (Lipinski definition) is 2. The molecule has 2 N–H and O–H groups in total. The predicted octanol–water partition coefficient (Wildman–Crippen LogP) is 10.3. The second-order valence-electron chi connectivity index (χ2n) is 19.9. The van der Waals surface area contributed by atoms with Crippen molar-refractivity contribution in [2.24, 2.45) is 0 Å². The van der Waals surface area contributed by atoms with E-state index < -0.39 is 52.9 Å². The average molecular weight is 1120 g/mol. The van der Waals surface area contributed by atoms with Crippen LogP contribution in [0.25, 0.3) is 44.7 Å². The third kappa shape index (κ3) is 11.6. The minimum absolute atomic E-state index is 0.0136. The summed E-state index contributed by atoms with van der Waals surface area (Å²) < 4.78 is 71.4. The Bertz CT molecular complexity index is 3770. The fourth-order valence-electron chi connectivity index (χ4n) is 8.40. The Hall–Kier alpha value is -6.91. The number of halogens is 5. The summed E-state index contributed by atoms with van der Waals surface area (Å²) in [5.74, 6) is -3.67. The molecular weight excluding hydrogens is 1070 g/mol. The zero-order chi connectivity index (χ0) is 56.0. The smallest absolute Gasteiger partial charge is 0.399 e. The summed E-state index contributed by atoms with van der Waals surface area (Å²) in [4.78, 5) is 67.2. The van der Waals surface area contributed by atoms with Gasteiger partial charge in [-0.25, -0.2) is 37.5 Å². The molecule has 0 radical (unpaired) electrons. The molecule has 14 nitrogen and oxygen atoms in total. The zero-order valence-corrected chi connectivity index (χ0v) is 46.0. The highest BCUT2D eigenvalue weighted by Gasteiger charge is 2.52. The molecular formula is C56H52BClF4N8O6S2. The van der Waals surface area contributed by atoms with Gasteiger partial charge in [0.25, 0.3) is 22.9 Å². The lowest BCUT2D eigenvalue weighted by atomic mass is 9.75. The lowest BCUT2D eigenvalue weighted by Gasteiger charge is -2.32. The van der Waals surface area contributed by atoms with Gasteiger partial charge in [-0.05, 0) is 151 Å². The molecule has 0 bridgehead atoms. The summed E-state index contributed by atoms with van der Waals surface area (Å²) in [6.45, 7) is 12.0. The topological polar surface area (TPSA) is 172 Å². The Morgan fingerprint density at radius 2 is 1.05 bits per heavy atom. The van der Waals surface area contributed by atoms with Gasteiger partial charge in [0.2, 0.25) is 0 Å². The molecule has 0 unspecified atom stereocenters. The van der Waals surface area contributed by atoms with Crippen LogP contribution in [0.15, 0.2) is 117 Å². The van der Waals surface area contributed by atoms with E-state index >= 15 is 0 Å². The Morgan fingerprint density at radius 1 is 0.615 bits per heavy atom. The molecule has 2 saturated carbocycles. The van der Waals surface area contributed by atoms with Crippen LogP contribution >= 0.6 is 35.1 Å². The first kappa shape index (κ1) is 55.8. The molecule has 1 aliphatic heterocycles. The first-order valence-electron chi connectivity index (χ1n) is 24.8. The Balaban J connectivity index is 0.000000148. The van der Waals surface area contributed by atoms with Crippen LogP contribution in [0.1, 0.15) is 85.2 Å². The normalized spacial score (nSPS) is 15.3. The molecule has 1 saturated heterocycles. The number of hydrogen-bond acceptors (Lipinski definition) is 12. The summed E-state index contributed by atoms with van der Waals surface area (Å²) in [6, 6.07) is 23.8. The molecule has 3 aliphatic rings. The van der Waals surface area contributed by atoms with Gasteiger partial charge in [0.15, 0.2) is 21.6 Å². The van der Waals surface area contributed by atoms with Gasteiger partial charge in [-0.15, -0.1) is 0 Å². The van der Waals surface area contributed by atoms with Crippen molar-refractivity contribution in [2.75, 3.05) is 12.5 Å². The lowest BCUT2D eigenvalue weighted by molar-refractivity contribution is 0.00578. The molecule has 8 aromatic rings. The quantitative estimate of drug-likeness (QED) is 0.0437. The van der Waals surface area contributed by atoms with Crippen LogP contribution in [0, 0.1) is 37.1 Å². The van der Waals surface area contributed by atoms with Gasteiger partial charge in [0.1, 0.15) is 39.8 Å². The highest BCUT2D eigenvalue weighted by Crippen LogP contribution is 2.37. The molecule has 11 rings (SSSR count). The van der Waals surface area contributed by atoms with Crippen molar-refractivity contribution in [3.63, 3.8) is 0 Å². The van der Waals surface area contributed by atoms with E-state index in [0.717, 1.165) is 75.7 Å². The number of fused-ring (bicyclic) bond motifs is 2. The molecule has 3 fully saturated rings. The minimum Gasteiger partial charge on any atom is -0.399 e. The van der Waals surface area contributed by atoms with Crippen LogP contribution in [-0.2, 0) is 9.31 Å². The molecule has 4 aromatic carbocycles. The van der Waals surface area contributed by atoms with Gasteiger partial charge < -0.3 is 19.9 Å². The van der Waals surface area contributed by atoms with E-state index in [2.05, 4.69) is 30.6 Å². The van der Waals surface area contributed by atoms with Gasteiger partial charge >= 0.3 is 7.12 Å². The number of carbonyl (C=O) groups excluding carboxylic acids is 2. The Morgan fingerprint density at radius 3 is 1.53 bits per heavy atom. The van der Waals surface area contributed by atoms with Crippen molar-refractivity contribution in [1.29, 1.82) is 0 Å². The number of thioether (sulfide) groups is 2. The SMILES string of the molecule is CSc1nc(-c2cc(C(=O)NC3CC3)ccc2C)c2ccc(=O)n(-c3c(F)cccc3F)c2n1.CSc1nc(Cl)c2ccc(=O)n(-c3c(F)cccc3F)c2n1.Cc1ccc(C(=O)NC2CC2)cc1B1OC(C)(C)C(C)(C)O1. The van der Waals surface area contributed by atoms with E-state index in [4.69, 9.17) is 20.9 Å². The Kier molecular flexibility index (Phi) is 16.1. The summed E-state index contributed by atoms with van der Waals surface area (Å²) in [5.41, 5.74) is 2.31. The van der Waals surface area contributed by atoms with Crippen molar-refractivity contribution >= 4 is 81.6 Å². The minimum atomic E-state index is -0.879. The standard InChI is InChI=1S/C25H20F2N4O2S.C17H24BNO3.C14H8ClF2N3OS/c1-13-6-7-14(24(33)28-15-8-9-15)12-17(13)21-16-10-11-20(32)31(23(16)30-25(29-21)34-2)22-18(26)4-3-5-19(22)27;1-11-6-7-12(15(20)19-13-8-9-13)10-14(11)18-21-16(2,3)17(4,5)22-18;1-22-14-18-12(15)7-5-6-10(21)20(13(7)19-14)11-8(16)3-2-4-9(11)17/h3-7,10-12,15H,8-9H2,1-2H3,(H,28,33);6-7,10,13H,8-9H2,1-5H3,(H,19,20);2-6H,1H3. The van der Waals surface area contributed by atoms with Gasteiger partial charge in [-0.1, -0.05) is 65.0 Å². The monoisotopic (exact) mass is 1120 g/mol. The number of amides is 2. The summed E-state index contributed by atoms with van der Waals surface area (Å²) in [5, 5.41) is 7.50. The third-order valence-corrected chi connectivity index (χ3v) is 15.1. The fraction of sp³-hybridized carbons (Fsp3) is 0.286. The molecule has 0 atom stereocenters. The number of carbonyl (C=O) groups is 2. The molecule has 2 aliphatic carbocycles. The molecule has 0 spiro atoms. The molecule has 5 heterocycles. The largest absolute Gasteiger partial charge is 0.495 e. The van der Waals surface area contributed by atoms with E-state index in [1.54, 1.807) is 30.7 Å². The van der Waals surface area contributed by atoms with Crippen LogP contribution in [0.4, 0.5) is 17.6 Å². The number of para-hydroxylation sites is 2. The van der Waals surface area contributed by atoms with E-state index in [9.17, 15) is 36.7 Å². The maximum atomic E-state index is 14.7. The van der Waals surface area contributed by atoms with Crippen molar-refractivity contribution in [3.05, 3.63) is 168 Å². The van der Waals surface area contributed by atoms with Crippen LogP contribution in [0.5, 0.6) is 0 Å². The first-order valence-corrected chi connectivity index (χ1v) is 27.6. The maximum Gasteiger partial charge on any atom is 0.495 e. The number of nitrogens with zero attached hydrogens (tertiary/aromatic N) is 6. The summed E-state index contributed by atoms with van der Waals surface area (Å²) in [6.07, 6.45) is 7.62. The highest BCUT2D eigenvalue weighted by atomic mass is 35.5. The Labute approximate surface area is 459 Å². The average Bonchev–Trinajstić information content (AvgIpc) is 4.42. The number of aryl methyl sites for hydroxylation is 2. The van der Waals surface area contributed by atoms with Crippen LogP contribution < -0.4 is 27.2 Å². The molecule has 2 amide bonds. The van der Waals surface area contributed by atoms with Gasteiger partial charge in [-0.3, -0.25) is 28.3 Å². The van der Waals surface area contributed by atoms with E-state index in [-0.39, 0.29) is 45.5 Å². The second kappa shape index (κ2) is 22.4. The summed E-state index contributed by atoms with van der Waals surface area (Å²) >= 11 is 8.51. The molecule has 78 heavy (non-hydrogen) atoms. The second-order valence-corrected chi connectivity index (χ2v) is 21.8. The molecule has 402 valence electrons. The number of nitrogens with one attached hydrogen (secondary N) is 2. The lowest BCUT2D eigenvalue weighted by Crippen LogP contribution is -2.41. The summed E-state index contributed by atoms with van der Waals surface area (Å²) in [7, 11) is -0.432. The maximum absolute atomic E-state index is 14.7. The van der Waals surface area contributed by atoms with E-state index in [0.29, 0.717) is 49.5 Å². The molecule has 22 heteroatoms. The number of rotatable bonds is 10. The fourth-order valence-corrected chi connectivity index (χ4v) is 9.40. The van der Waals surface area contributed by atoms with Gasteiger partial charge in [0.05, 0.1) is 22.3 Å². The highest BCUT2D eigenvalue weighted by molar-refractivity contribution is 7.98. The number of benzene rings is 4. The van der Waals surface area contributed by atoms with Crippen LogP contribution in [0.3, 0.4) is 0 Å². The van der Waals surface area contributed by atoms with Crippen LogP contribution in [-0.4, -0.2) is 83.8 Å². The van der Waals surface area contributed by atoms with Crippen molar-refractivity contribution < 1.29 is 36.5 Å². The van der Waals surface area contributed by atoms with Gasteiger partial charge in [-0.2, -0.15) is 0 Å². The third-order valence-electron chi connectivity index (χ3n) is 13.7. The molecule has 4 aromatic heterocycles. The van der Waals surface area contributed by atoms with Gasteiger partial charge in [0, 0.05) is 46.3 Å². The van der Waals surface area contributed by atoms with Crippen molar-refractivity contribution in [1.82, 2.24) is 39.7 Å². The van der Waals surface area contributed by atoms with Crippen molar-refractivity contribution in [2.45, 2.75) is 101 Å². The first-order chi connectivity index (χ1) is 37.1. The van der Waals surface area contributed by atoms with E-state index in [1.165, 1.54) is 53.9 Å². The van der Waals surface area contributed by atoms with E-state index in [1.807, 2.05) is 65.8 Å². The van der Waals surface area contributed by atoms with Crippen molar-refractivity contribution in [3.8, 4) is 22.6 Å². The predicted molar refractivity (Wildman–Crippen MR) is 297 cm³/mol. The zero-order valence-electron chi connectivity index (χ0n) is 43.6. The number of aromatic nitrogens is 6. The number of pyridine rings is 2. The van der Waals surface area contributed by atoms with Crippen LogP contribution in [0.2, 0.25) is 5.15 Å².